The summed E-state index contributed by atoms with van der Waals surface area (Å²) in [5.41, 5.74) is 1.46. The zero-order valence-corrected chi connectivity index (χ0v) is 20.5. The van der Waals surface area contributed by atoms with E-state index in [9.17, 15) is 17.6 Å². The lowest BCUT2D eigenvalue weighted by molar-refractivity contribution is -0.121. The Hall–Kier alpha value is -2.67. The summed E-state index contributed by atoms with van der Waals surface area (Å²) in [7, 11) is -2.49. The zero-order valence-electron chi connectivity index (χ0n) is 18.9. The van der Waals surface area contributed by atoms with Gasteiger partial charge in [-0.1, -0.05) is 18.2 Å². The number of rotatable bonds is 9. The highest BCUT2D eigenvalue weighted by atomic mass is 32.2. The summed E-state index contributed by atoms with van der Waals surface area (Å²) in [4.78, 5) is 16.7. The second-order valence-corrected chi connectivity index (χ2v) is 10.7. The summed E-state index contributed by atoms with van der Waals surface area (Å²) in [5, 5.41) is 2.79. The second kappa shape index (κ2) is 10.7. The quantitative estimate of drug-likeness (QED) is 0.442. The number of likely N-dealkylation sites (N-methyl/N-ethyl adjacent to an activating group) is 1. The maximum absolute atomic E-state index is 14.0. The molecular formula is C22H27FN6O3S2. The predicted octanol–water partition coefficient (Wildman–Crippen LogP) is 1.78. The van der Waals surface area contributed by atoms with Crippen molar-refractivity contribution in [1.29, 1.82) is 0 Å². The van der Waals surface area contributed by atoms with Crippen LogP contribution in [0.1, 0.15) is 6.42 Å². The monoisotopic (exact) mass is 506 g/mol. The standard InChI is InChI=1S/C22H27FN6O3S2/c1-27(34(31,32)20-9-4-7-18-22(20)26-33-25-18)16-21(30)24-10-5-11-28-12-14-29(15-13-28)19-8-3-2-6-17(19)23/h2-4,6-9H,5,10-16H2,1H3,(H,24,30). The van der Waals surface area contributed by atoms with E-state index in [4.69, 9.17) is 0 Å². The van der Waals surface area contributed by atoms with E-state index in [1.54, 1.807) is 24.3 Å². The first kappa shape index (κ1) is 24.5. The smallest absolute Gasteiger partial charge is 0.245 e. The van der Waals surface area contributed by atoms with Crippen LogP contribution in [0.3, 0.4) is 0 Å². The van der Waals surface area contributed by atoms with Crippen LogP contribution < -0.4 is 10.2 Å². The van der Waals surface area contributed by atoms with E-state index in [1.807, 2.05) is 11.0 Å². The lowest BCUT2D eigenvalue weighted by atomic mass is 10.2. The Balaban J connectivity index is 1.19. The SMILES string of the molecule is CN(CC(=O)NCCCN1CCN(c2ccccc2F)CC1)S(=O)(=O)c1cccc2nsnc12. The van der Waals surface area contributed by atoms with Crippen molar-refractivity contribution in [3.05, 3.63) is 48.3 Å². The third kappa shape index (κ3) is 5.52. The molecule has 3 aromatic rings. The molecule has 0 unspecified atom stereocenters. The van der Waals surface area contributed by atoms with Gasteiger partial charge in [0.15, 0.2) is 0 Å². The van der Waals surface area contributed by atoms with Crippen molar-refractivity contribution < 1.29 is 17.6 Å². The summed E-state index contributed by atoms with van der Waals surface area (Å²) >= 11 is 0.948. The molecule has 1 saturated heterocycles. The summed E-state index contributed by atoms with van der Waals surface area (Å²) in [6.07, 6.45) is 0.742. The van der Waals surface area contributed by atoms with Crippen molar-refractivity contribution in [2.45, 2.75) is 11.3 Å². The highest BCUT2D eigenvalue weighted by Crippen LogP contribution is 2.23. The molecule has 0 spiro atoms. The first-order valence-electron chi connectivity index (χ1n) is 11.0. The zero-order chi connectivity index (χ0) is 24.1. The molecule has 1 fully saturated rings. The molecule has 1 aliphatic heterocycles. The number of sulfonamides is 1. The van der Waals surface area contributed by atoms with Crippen LogP contribution in [0.25, 0.3) is 11.0 Å². The van der Waals surface area contributed by atoms with E-state index < -0.39 is 10.0 Å². The van der Waals surface area contributed by atoms with Gasteiger partial charge in [-0.25, -0.2) is 12.8 Å². The second-order valence-electron chi connectivity index (χ2n) is 8.13. The molecule has 1 amide bonds. The number of nitrogens with zero attached hydrogens (tertiary/aromatic N) is 5. The Labute approximate surface area is 202 Å². The van der Waals surface area contributed by atoms with Crippen molar-refractivity contribution in [2.24, 2.45) is 0 Å². The van der Waals surface area contributed by atoms with Gasteiger partial charge in [0.25, 0.3) is 0 Å². The highest BCUT2D eigenvalue weighted by molar-refractivity contribution is 7.89. The molecule has 4 rings (SSSR count). The number of fused-ring (bicyclic) bond motifs is 1. The average molecular weight is 507 g/mol. The van der Waals surface area contributed by atoms with E-state index >= 15 is 0 Å². The average Bonchev–Trinajstić information content (AvgIpc) is 3.31. The topological polar surface area (TPSA) is 98.7 Å². The summed E-state index contributed by atoms with van der Waals surface area (Å²) in [5.74, 6) is -0.565. The number of hydrogen-bond donors (Lipinski definition) is 1. The molecule has 1 aliphatic rings. The number of carbonyl (C=O) groups is 1. The highest BCUT2D eigenvalue weighted by Gasteiger charge is 2.26. The largest absolute Gasteiger partial charge is 0.367 e. The van der Waals surface area contributed by atoms with Gasteiger partial charge in [0.1, 0.15) is 21.7 Å². The molecule has 1 N–H and O–H groups in total. The molecule has 182 valence electrons. The summed E-state index contributed by atoms with van der Waals surface area (Å²) < 4.78 is 49.0. The molecule has 0 bridgehead atoms. The lowest BCUT2D eigenvalue weighted by Gasteiger charge is -2.36. The first-order valence-corrected chi connectivity index (χ1v) is 13.2. The van der Waals surface area contributed by atoms with E-state index in [0.717, 1.165) is 55.2 Å². The van der Waals surface area contributed by atoms with E-state index in [2.05, 4.69) is 19.0 Å². The van der Waals surface area contributed by atoms with Crippen molar-refractivity contribution in [3.63, 3.8) is 0 Å². The van der Waals surface area contributed by atoms with Crippen LogP contribution in [0.2, 0.25) is 0 Å². The fourth-order valence-corrected chi connectivity index (χ4v) is 5.83. The third-order valence-corrected chi connectivity index (χ3v) is 8.22. The summed E-state index contributed by atoms with van der Waals surface area (Å²) in [6.45, 7) is 4.11. The van der Waals surface area contributed by atoms with Crippen LogP contribution in [0.15, 0.2) is 47.4 Å². The number of benzene rings is 2. The maximum Gasteiger partial charge on any atom is 0.245 e. The van der Waals surface area contributed by atoms with Gasteiger partial charge in [-0.15, -0.1) is 0 Å². The minimum atomic E-state index is -3.87. The molecule has 12 heteroatoms. The van der Waals surface area contributed by atoms with Gasteiger partial charge in [-0.2, -0.15) is 13.1 Å². The number of nitrogens with one attached hydrogen (secondary N) is 1. The van der Waals surface area contributed by atoms with Crippen LogP contribution in [-0.4, -0.2) is 85.1 Å². The predicted molar refractivity (Wildman–Crippen MR) is 130 cm³/mol. The van der Waals surface area contributed by atoms with Crippen LogP contribution in [-0.2, 0) is 14.8 Å². The molecule has 2 heterocycles. The van der Waals surface area contributed by atoms with Crippen molar-refractivity contribution >= 4 is 44.4 Å². The van der Waals surface area contributed by atoms with Crippen LogP contribution in [0.5, 0.6) is 0 Å². The fraction of sp³-hybridized carbons (Fsp3) is 0.409. The van der Waals surface area contributed by atoms with E-state index in [-0.39, 0.29) is 23.2 Å². The molecule has 0 aliphatic carbocycles. The third-order valence-electron chi connectivity index (χ3n) is 5.84. The van der Waals surface area contributed by atoms with Gasteiger partial charge < -0.3 is 10.2 Å². The van der Waals surface area contributed by atoms with E-state index in [0.29, 0.717) is 23.3 Å². The number of halogens is 1. The van der Waals surface area contributed by atoms with Crippen LogP contribution in [0, 0.1) is 5.82 Å². The van der Waals surface area contributed by atoms with Gasteiger partial charge in [0, 0.05) is 39.8 Å². The number of carbonyl (C=O) groups excluding carboxylic acids is 1. The number of amides is 1. The Kier molecular flexibility index (Phi) is 7.71. The Morgan fingerprint density at radius 2 is 1.88 bits per heavy atom. The van der Waals surface area contributed by atoms with Crippen LogP contribution >= 0.6 is 11.7 Å². The maximum atomic E-state index is 14.0. The fourth-order valence-electron chi connectivity index (χ4n) is 3.95. The minimum Gasteiger partial charge on any atom is -0.367 e. The normalized spacial score (nSPS) is 15.2. The molecule has 34 heavy (non-hydrogen) atoms. The number of hydrogen-bond acceptors (Lipinski definition) is 8. The summed E-state index contributed by atoms with van der Waals surface area (Å²) in [6, 6.07) is 11.6. The minimum absolute atomic E-state index is 0.0450. The lowest BCUT2D eigenvalue weighted by Crippen LogP contribution is -2.47. The Morgan fingerprint density at radius 3 is 2.65 bits per heavy atom. The van der Waals surface area contributed by atoms with E-state index in [1.165, 1.54) is 19.2 Å². The number of piperazine rings is 1. The van der Waals surface area contributed by atoms with Gasteiger partial charge >= 0.3 is 0 Å². The van der Waals surface area contributed by atoms with Gasteiger partial charge in [-0.05, 0) is 37.2 Å². The first-order chi connectivity index (χ1) is 16.4. The molecule has 1 aromatic heterocycles. The van der Waals surface area contributed by atoms with Crippen molar-refractivity contribution in [2.75, 3.05) is 57.8 Å². The number of anilines is 1. The van der Waals surface area contributed by atoms with Crippen molar-refractivity contribution in [3.8, 4) is 0 Å². The van der Waals surface area contributed by atoms with Gasteiger partial charge in [-0.3, -0.25) is 9.69 Å². The van der Waals surface area contributed by atoms with Crippen LogP contribution in [0.4, 0.5) is 10.1 Å². The van der Waals surface area contributed by atoms with Crippen molar-refractivity contribution in [1.82, 2.24) is 23.3 Å². The Bertz CT molecular complexity index is 1240. The molecule has 2 aromatic carbocycles. The molecule has 0 atom stereocenters. The molecule has 9 nitrogen and oxygen atoms in total. The Morgan fingerprint density at radius 1 is 1.12 bits per heavy atom. The van der Waals surface area contributed by atoms with Gasteiger partial charge in [0.05, 0.1) is 24.0 Å². The number of aromatic nitrogens is 2. The molecular weight excluding hydrogens is 479 g/mol. The molecule has 0 saturated carbocycles. The number of para-hydroxylation sites is 1. The molecule has 0 radical (unpaired) electrons. The van der Waals surface area contributed by atoms with Gasteiger partial charge in [0.2, 0.25) is 15.9 Å².